The quantitative estimate of drug-likeness (QED) is 0.427. The monoisotopic (exact) mass is 455 g/mol. The Labute approximate surface area is 160 Å². The van der Waals surface area contributed by atoms with Crippen LogP contribution >= 0.6 is 104 Å². The average molecular weight is 459 g/mol. The Morgan fingerprint density at radius 2 is 1.25 bits per heavy atom. The number of benzene rings is 1. The highest BCUT2D eigenvalue weighted by atomic mass is 35.6. The number of alkyl halides is 9. The van der Waals surface area contributed by atoms with Gasteiger partial charge in [-0.15, -0.1) is 0 Å². The summed E-state index contributed by atoms with van der Waals surface area (Å²) in [6.07, 6.45) is 0. The number of rotatable bonds is 3. The summed E-state index contributed by atoms with van der Waals surface area (Å²) in [4.78, 5) is 0. The zero-order valence-corrected chi connectivity index (χ0v) is 15.9. The average Bonchev–Trinajstić information content (AvgIpc) is 2.26. The van der Waals surface area contributed by atoms with Crippen LogP contribution in [0.15, 0.2) is 24.3 Å². The molecule has 0 saturated carbocycles. The first-order chi connectivity index (χ1) is 8.75. The summed E-state index contributed by atoms with van der Waals surface area (Å²) in [7, 11) is 0. The Bertz CT molecular complexity index is 492. The Hall–Kier alpha value is 1.63. The maximum absolute atomic E-state index is 11.4. The van der Waals surface area contributed by atoms with Gasteiger partial charge in [0.25, 0.3) is 0 Å². The Kier molecular flexibility index (Phi) is 6.16. The summed E-state index contributed by atoms with van der Waals surface area (Å²) < 4.78 is -9.16. The van der Waals surface area contributed by atoms with Gasteiger partial charge in [-0.25, -0.2) is 0 Å². The lowest BCUT2D eigenvalue weighted by atomic mass is 10.1. The molecule has 0 N–H and O–H groups in total. The molecule has 0 heterocycles. The second-order valence-electron chi connectivity index (χ2n) is 3.75. The third kappa shape index (κ3) is 3.42. The Morgan fingerprint density at radius 3 is 1.65 bits per heavy atom. The second-order valence-corrected chi connectivity index (χ2v) is 10.0. The van der Waals surface area contributed by atoms with E-state index in [1.165, 1.54) is 18.2 Å². The van der Waals surface area contributed by atoms with E-state index in [0.717, 1.165) is 6.07 Å². The topological polar surface area (TPSA) is 19.9 Å². The van der Waals surface area contributed by atoms with Crippen LogP contribution < -0.4 is 0 Å². The first-order valence-electron chi connectivity index (χ1n) is 4.73. The first kappa shape index (κ1) is 19.7. The van der Waals surface area contributed by atoms with Gasteiger partial charge in [0.1, 0.15) is 0 Å². The van der Waals surface area contributed by atoms with Gasteiger partial charge in [0.15, 0.2) is 14.4 Å². The van der Waals surface area contributed by atoms with Crippen molar-refractivity contribution >= 4 is 104 Å². The van der Waals surface area contributed by atoms with Crippen molar-refractivity contribution < 1.29 is 5.11 Å². The summed E-state index contributed by atoms with van der Waals surface area (Å²) in [6, 6.07) is 5.20. The third-order valence-corrected chi connectivity index (χ3v) is 7.82. The molecule has 0 unspecified atom stereocenters. The lowest BCUT2D eigenvalue weighted by molar-refractivity contribution is 0.354. The molecule has 20 heavy (non-hydrogen) atoms. The van der Waals surface area contributed by atoms with Crippen molar-refractivity contribution in [3.05, 3.63) is 29.8 Å². The van der Waals surface area contributed by atoms with E-state index < -0.39 is 16.8 Å². The standard InChI is InChI=1S/C10H4Cl9O/c11-7(12,5-2-1-3-6(20)4-5)8(13,14)9(15,16)10(17,18)19/h1-4H. The Balaban J connectivity index is 3.39. The van der Waals surface area contributed by atoms with Crippen LogP contribution in [-0.4, -0.2) is 12.5 Å². The van der Waals surface area contributed by atoms with Crippen molar-refractivity contribution in [1.82, 2.24) is 0 Å². The van der Waals surface area contributed by atoms with E-state index in [4.69, 9.17) is 104 Å². The van der Waals surface area contributed by atoms with E-state index in [9.17, 15) is 5.11 Å². The minimum Gasteiger partial charge on any atom is -0.290 e. The molecule has 113 valence electrons. The molecule has 0 aliphatic heterocycles. The maximum atomic E-state index is 11.4. The molecule has 0 aliphatic carbocycles. The summed E-state index contributed by atoms with van der Waals surface area (Å²) in [5, 5.41) is 11.4. The highest BCUT2D eigenvalue weighted by Gasteiger charge is 2.68. The van der Waals surface area contributed by atoms with E-state index in [1.54, 1.807) is 0 Å². The van der Waals surface area contributed by atoms with Gasteiger partial charge in [-0.05, 0) is 17.7 Å². The second kappa shape index (κ2) is 6.26. The summed E-state index contributed by atoms with van der Waals surface area (Å²) in [6.45, 7) is 0. The summed E-state index contributed by atoms with van der Waals surface area (Å²) >= 11 is 53.2. The fraction of sp³-hybridized carbons (Fsp3) is 0.400. The molecule has 0 spiro atoms. The number of hydrogen-bond donors (Lipinski definition) is 0. The molecular formula is C10H4Cl9O. The number of hydrogen-bond acceptors (Lipinski definition) is 0. The zero-order chi connectivity index (χ0) is 16.0. The molecule has 1 aromatic carbocycles. The van der Waals surface area contributed by atoms with Crippen molar-refractivity contribution in [1.29, 1.82) is 0 Å². The number of halogens is 9. The van der Waals surface area contributed by atoms with Crippen molar-refractivity contribution in [2.24, 2.45) is 0 Å². The van der Waals surface area contributed by atoms with Crippen LogP contribution in [-0.2, 0) is 9.44 Å². The van der Waals surface area contributed by atoms with Gasteiger partial charge in [-0.1, -0.05) is 117 Å². The molecule has 0 amide bonds. The normalized spacial score (nSPS) is 14.4. The Morgan fingerprint density at radius 1 is 0.750 bits per heavy atom. The van der Waals surface area contributed by atoms with Crippen LogP contribution in [0.4, 0.5) is 0 Å². The van der Waals surface area contributed by atoms with E-state index in [1.807, 2.05) is 0 Å². The van der Waals surface area contributed by atoms with Crippen LogP contribution in [0.25, 0.3) is 0 Å². The van der Waals surface area contributed by atoms with Crippen molar-refractivity contribution in [3.63, 3.8) is 0 Å². The van der Waals surface area contributed by atoms with Gasteiger partial charge in [-0.3, -0.25) is 5.11 Å². The predicted octanol–water partition coefficient (Wildman–Crippen LogP) is 7.18. The smallest absolute Gasteiger partial charge is 0.226 e. The highest BCUT2D eigenvalue weighted by Crippen LogP contribution is 2.65. The minimum atomic E-state index is -2.38. The van der Waals surface area contributed by atoms with Gasteiger partial charge < -0.3 is 0 Å². The SMILES string of the molecule is [O]c1cccc(C(Cl)(Cl)C(Cl)(Cl)C(Cl)(Cl)C(Cl)(Cl)Cl)c1. The molecule has 1 radical (unpaired) electrons. The van der Waals surface area contributed by atoms with Crippen LogP contribution in [0, 0.1) is 0 Å². The predicted molar refractivity (Wildman–Crippen MR) is 89.1 cm³/mol. The molecule has 1 rings (SSSR count). The fourth-order valence-electron chi connectivity index (χ4n) is 1.25. The molecule has 0 fully saturated rings. The molecule has 0 bridgehead atoms. The van der Waals surface area contributed by atoms with Crippen LogP contribution in [0.3, 0.4) is 0 Å². The lowest BCUT2D eigenvalue weighted by Crippen LogP contribution is -2.54. The molecular weight excluding hydrogens is 455 g/mol. The van der Waals surface area contributed by atoms with E-state index >= 15 is 0 Å². The molecule has 0 atom stereocenters. The molecule has 0 aliphatic rings. The van der Waals surface area contributed by atoms with Crippen molar-refractivity contribution in [3.8, 4) is 5.75 Å². The fourth-order valence-corrected chi connectivity index (χ4v) is 3.46. The molecule has 0 saturated heterocycles. The van der Waals surface area contributed by atoms with Crippen LogP contribution in [0.5, 0.6) is 5.75 Å². The van der Waals surface area contributed by atoms with E-state index in [0.29, 0.717) is 0 Å². The first-order valence-corrected chi connectivity index (χ1v) is 8.13. The van der Waals surface area contributed by atoms with Gasteiger partial charge in [0.05, 0.1) is 0 Å². The van der Waals surface area contributed by atoms with Crippen molar-refractivity contribution in [2.75, 3.05) is 0 Å². The molecule has 1 aromatic rings. The lowest BCUT2D eigenvalue weighted by Gasteiger charge is -2.44. The largest absolute Gasteiger partial charge is 0.290 e. The summed E-state index contributed by atoms with van der Waals surface area (Å²) in [5.74, 6) is -0.374. The van der Waals surface area contributed by atoms with Crippen molar-refractivity contribution in [2.45, 2.75) is 16.8 Å². The van der Waals surface area contributed by atoms with Gasteiger partial charge in [0.2, 0.25) is 8.13 Å². The molecule has 10 heteroatoms. The zero-order valence-electron chi connectivity index (χ0n) is 9.12. The molecule has 1 nitrogen and oxygen atoms in total. The van der Waals surface area contributed by atoms with Crippen LogP contribution in [0.2, 0.25) is 0 Å². The highest BCUT2D eigenvalue weighted by molar-refractivity contribution is 6.80. The van der Waals surface area contributed by atoms with Gasteiger partial charge >= 0.3 is 0 Å². The third-order valence-electron chi connectivity index (χ3n) is 2.34. The van der Waals surface area contributed by atoms with E-state index in [-0.39, 0.29) is 11.3 Å². The van der Waals surface area contributed by atoms with Gasteiger partial charge in [-0.2, -0.15) is 0 Å². The van der Waals surface area contributed by atoms with E-state index in [2.05, 4.69) is 0 Å². The minimum absolute atomic E-state index is 0.0539. The molecule has 0 aromatic heterocycles. The summed E-state index contributed by atoms with van der Waals surface area (Å²) in [5.41, 5.74) is 0.0539. The van der Waals surface area contributed by atoms with Gasteiger partial charge in [0, 0.05) is 0 Å². The maximum Gasteiger partial charge on any atom is 0.226 e. The van der Waals surface area contributed by atoms with Crippen LogP contribution in [0.1, 0.15) is 5.56 Å².